The first-order chi connectivity index (χ1) is 16.0. The predicted octanol–water partition coefficient (Wildman–Crippen LogP) is 5.50. The lowest BCUT2D eigenvalue weighted by Crippen LogP contribution is -2.30. The number of nitrogens with zero attached hydrogens (tertiary/aromatic N) is 1. The van der Waals surface area contributed by atoms with Crippen LogP contribution in [0.4, 0.5) is 0 Å². The third kappa shape index (κ3) is 5.83. The summed E-state index contributed by atoms with van der Waals surface area (Å²) in [7, 11) is -3.78. The highest BCUT2D eigenvalue weighted by atomic mass is 32.2. The van der Waals surface area contributed by atoms with Gasteiger partial charge < -0.3 is 0 Å². The van der Waals surface area contributed by atoms with Crippen LogP contribution in [0.5, 0.6) is 0 Å². The van der Waals surface area contributed by atoms with Gasteiger partial charge in [-0.25, -0.2) is 8.42 Å². The molecule has 0 aliphatic carbocycles. The minimum absolute atomic E-state index is 0.0458. The van der Waals surface area contributed by atoms with Crippen molar-refractivity contribution in [2.75, 3.05) is 0 Å². The second kappa shape index (κ2) is 10.4. The minimum Gasteiger partial charge on any atom is -0.294 e. The summed E-state index contributed by atoms with van der Waals surface area (Å²) in [4.78, 5) is 12.8. The normalized spacial score (nSPS) is 11.4. The zero-order valence-electron chi connectivity index (χ0n) is 18.2. The van der Waals surface area contributed by atoms with Crippen LogP contribution in [0.15, 0.2) is 120 Å². The Morgan fingerprint density at radius 2 is 1.00 bits per heavy atom. The van der Waals surface area contributed by atoms with Crippen LogP contribution in [0.2, 0.25) is 0 Å². The fraction of sp³-hybridized carbons (Fsp3) is 0.107. The van der Waals surface area contributed by atoms with Crippen LogP contribution in [-0.2, 0) is 29.5 Å². The second-order valence-corrected chi connectivity index (χ2v) is 9.79. The molecule has 33 heavy (non-hydrogen) atoms. The van der Waals surface area contributed by atoms with Crippen molar-refractivity contribution in [3.05, 3.63) is 138 Å². The first kappa shape index (κ1) is 22.6. The maximum absolute atomic E-state index is 13.6. The number of Topliss-reactive ketones (excluding diaryl/α,β-unsaturated/α-hetero) is 1. The van der Waals surface area contributed by atoms with Crippen molar-refractivity contribution in [3.63, 3.8) is 0 Å². The standard InChI is InChI=1S/C28H25NO3S/c30-28(20-23-10-4-1-5-11-23)26-16-18-27(19-17-26)33(31,32)29(21-24-12-6-2-7-13-24)22-25-14-8-3-9-15-25/h1-19H,20-22H2. The second-order valence-electron chi connectivity index (χ2n) is 7.85. The summed E-state index contributed by atoms with van der Waals surface area (Å²) in [6.07, 6.45) is 0.279. The summed E-state index contributed by atoms with van der Waals surface area (Å²) >= 11 is 0. The Balaban J connectivity index is 1.58. The molecule has 0 bridgehead atoms. The molecule has 4 nitrogen and oxygen atoms in total. The van der Waals surface area contributed by atoms with Gasteiger partial charge in [0.1, 0.15) is 0 Å². The summed E-state index contributed by atoms with van der Waals surface area (Å²) in [5.74, 6) is -0.0458. The Morgan fingerprint density at radius 3 is 1.45 bits per heavy atom. The summed E-state index contributed by atoms with van der Waals surface area (Å²) < 4.78 is 28.6. The molecule has 0 aliphatic rings. The fourth-order valence-corrected chi connectivity index (χ4v) is 5.06. The molecule has 0 heterocycles. The van der Waals surface area contributed by atoms with Crippen LogP contribution in [-0.4, -0.2) is 18.5 Å². The number of rotatable bonds is 9. The Hall–Kier alpha value is -3.54. The van der Waals surface area contributed by atoms with Gasteiger partial charge >= 0.3 is 0 Å². The van der Waals surface area contributed by atoms with Crippen LogP contribution in [0.3, 0.4) is 0 Å². The zero-order chi connectivity index (χ0) is 23.1. The number of ketones is 1. The summed E-state index contributed by atoms with van der Waals surface area (Å²) in [5, 5.41) is 0. The SMILES string of the molecule is O=C(Cc1ccccc1)c1ccc(S(=O)(=O)N(Cc2ccccc2)Cc2ccccc2)cc1. The van der Waals surface area contributed by atoms with Crippen molar-refractivity contribution in [2.45, 2.75) is 24.4 Å². The van der Waals surface area contributed by atoms with Crippen molar-refractivity contribution in [1.82, 2.24) is 4.31 Å². The first-order valence-corrected chi connectivity index (χ1v) is 12.2. The molecule has 0 radical (unpaired) electrons. The molecule has 4 aromatic carbocycles. The minimum atomic E-state index is -3.78. The van der Waals surface area contributed by atoms with Crippen molar-refractivity contribution in [3.8, 4) is 0 Å². The summed E-state index contributed by atoms with van der Waals surface area (Å²) in [6.45, 7) is 0.513. The Kier molecular flexibility index (Phi) is 7.13. The van der Waals surface area contributed by atoms with Gasteiger partial charge in [0.2, 0.25) is 10.0 Å². The van der Waals surface area contributed by atoms with Gasteiger partial charge in [-0.3, -0.25) is 4.79 Å². The smallest absolute Gasteiger partial charge is 0.243 e. The largest absolute Gasteiger partial charge is 0.294 e. The van der Waals surface area contributed by atoms with Gasteiger partial charge in [-0.2, -0.15) is 4.31 Å². The number of hydrogen-bond acceptors (Lipinski definition) is 3. The molecular formula is C28H25NO3S. The maximum Gasteiger partial charge on any atom is 0.243 e. The average Bonchev–Trinajstić information content (AvgIpc) is 2.85. The fourth-order valence-electron chi connectivity index (χ4n) is 3.65. The molecular weight excluding hydrogens is 430 g/mol. The van der Waals surface area contributed by atoms with Crippen molar-refractivity contribution in [1.29, 1.82) is 0 Å². The van der Waals surface area contributed by atoms with Crippen molar-refractivity contribution in [2.24, 2.45) is 0 Å². The molecule has 4 aromatic rings. The number of carbonyl (C=O) groups is 1. The van der Waals surface area contributed by atoms with Gasteiger partial charge in [-0.15, -0.1) is 0 Å². The third-order valence-corrected chi connectivity index (χ3v) is 7.23. The molecule has 0 N–H and O–H groups in total. The number of hydrogen-bond donors (Lipinski definition) is 0. The lowest BCUT2D eigenvalue weighted by atomic mass is 10.0. The summed E-state index contributed by atoms with van der Waals surface area (Å²) in [6, 6.07) is 34.8. The van der Waals surface area contributed by atoms with Gasteiger partial charge in [0.25, 0.3) is 0 Å². The van der Waals surface area contributed by atoms with Crippen LogP contribution >= 0.6 is 0 Å². The van der Waals surface area contributed by atoms with E-state index in [0.29, 0.717) is 5.56 Å². The van der Waals surface area contributed by atoms with Gasteiger partial charge in [0.15, 0.2) is 5.78 Å². The number of sulfonamides is 1. The molecule has 0 amide bonds. The number of benzene rings is 4. The van der Waals surface area contributed by atoms with Crippen LogP contribution in [0.25, 0.3) is 0 Å². The molecule has 0 unspecified atom stereocenters. The average molecular weight is 456 g/mol. The lowest BCUT2D eigenvalue weighted by molar-refractivity contribution is 0.0993. The van der Waals surface area contributed by atoms with Gasteiger partial charge in [-0.05, 0) is 28.8 Å². The van der Waals surface area contributed by atoms with Crippen molar-refractivity contribution < 1.29 is 13.2 Å². The molecule has 0 aromatic heterocycles. The summed E-state index contributed by atoms with van der Waals surface area (Å²) in [5.41, 5.74) is 3.24. The van der Waals surface area contributed by atoms with E-state index in [-0.39, 0.29) is 30.2 Å². The van der Waals surface area contributed by atoms with Crippen LogP contribution in [0, 0.1) is 0 Å². The molecule has 0 atom stereocenters. The monoisotopic (exact) mass is 455 g/mol. The van der Waals surface area contributed by atoms with Crippen LogP contribution in [0.1, 0.15) is 27.0 Å². The highest BCUT2D eigenvalue weighted by Gasteiger charge is 2.25. The van der Waals surface area contributed by atoms with E-state index in [0.717, 1.165) is 16.7 Å². The Labute approximate surface area is 195 Å². The molecule has 5 heteroatoms. The highest BCUT2D eigenvalue weighted by Crippen LogP contribution is 2.22. The molecule has 0 aliphatic heterocycles. The van der Waals surface area contributed by atoms with Gasteiger partial charge in [0, 0.05) is 25.1 Å². The first-order valence-electron chi connectivity index (χ1n) is 10.8. The molecule has 0 saturated heterocycles. The van der Waals surface area contributed by atoms with E-state index in [1.807, 2.05) is 91.0 Å². The van der Waals surface area contributed by atoms with Crippen LogP contribution < -0.4 is 0 Å². The molecule has 166 valence electrons. The lowest BCUT2D eigenvalue weighted by Gasteiger charge is -2.23. The van der Waals surface area contributed by atoms with E-state index in [1.54, 1.807) is 12.1 Å². The van der Waals surface area contributed by atoms with E-state index in [2.05, 4.69) is 0 Å². The quantitative estimate of drug-likeness (QED) is 0.313. The maximum atomic E-state index is 13.6. The van der Waals surface area contributed by atoms with E-state index in [4.69, 9.17) is 0 Å². The van der Waals surface area contributed by atoms with E-state index >= 15 is 0 Å². The zero-order valence-corrected chi connectivity index (χ0v) is 19.0. The molecule has 0 fully saturated rings. The topological polar surface area (TPSA) is 54.5 Å². The van der Waals surface area contributed by atoms with E-state index < -0.39 is 10.0 Å². The highest BCUT2D eigenvalue weighted by molar-refractivity contribution is 7.89. The third-order valence-electron chi connectivity index (χ3n) is 5.43. The molecule has 4 rings (SSSR count). The van der Waals surface area contributed by atoms with Gasteiger partial charge in [-0.1, -0.05) is 103 Å². The Bertz CT molecular complexity index is 1250. The van der Waals surface area contributed by atoms with Gasteiger partial charge in [0.05, 0.1) is 4.90 Å². The Morgan fingerprint density at radius 1 is 0.576 bits per heavy atom. The predicted molar refractivity (Wildman–Crippen MR) is 130 cm³/mol. The van der Waals surface area contributed by atoms with Crippen molar-refractivity contribution >= 4 is 15.8 Å². The number of carbonyl (C=O) groups excluding carboxylic acids is 1. The van der Waals surface area contributed by atoms with E-state index in [1.165, 1.54) is 16.4 Å². The van der Waals surface area contributed by atoms with E-state index in [9.17, 15) is 13.2 Å². The molecule has 0 saturated carbocycles. The molecule has 0 spiro atoms.